The number of aromatic amines is 1. The van der Waals surface area contributed by atoms with Crippen LogP contribution >= 0.6 is 0 Å². The van der Waals surface area contributed by atoms with Gasteiger partial charge in [0.05, 0.1) is 13.2 Å². The molecule has 0 atom stereocenters. The van der Waals surface area contributed by atoms with Gasteiger partial charge >= 0.3 is 0 Å². The van der Waals surface area contributed by atoms with Gasteiger partial charge in [-0.25, -0.2) is 0 Å². The number of hydrogen-bond donors (Lipinski definition) is 2. The van der Waals surface area contributed by atoms with Crippen molar-refractivity contribution in [2.24, 2.45) is 0 Å². The molecule has 0 radical (unpaired) electrons. The van der Waals surface area contributed by atoms with Gasteiger partial charge in [0.1, 0.15) is 0 Å². The smallest absolute Gasteiger partial charge is 0.256 e. The van der Waals surface area contributed by atoms with E-state index in [0.717, 1.165) is 11.3 Å². The number of benzene rings is 1. The van der Waals surface area contributed by atoms with Gasteiger partial charge in [-0.3, -0.25) is 14.7 Å². The first-order valence-corrected chi connectivity index (χ1v) is 7.86. The molecule has 1 aliphatic rings. The molecule has 3 rings (SSSR count). The van der Waals surface area contributed by atoms with Crippen molar-refractivity contribution in [1.82, 2.24) is 15.1 Å². The number of carbonyl (C=O) groups excluding carboxylic acids is 2. The molecule has 0 bridgehead atoms. The fourth-order valence-corrected chi connectivity index (χ4v) is 2.50. The van der Waals surface area contributed by atoms with Crippen LogP contribution in [0, 0.1) is 13.8 Å². The Labute approximate surface area is 140 Å². The Morgan fingerprint density at radius 1 is 1.12 bits per heavy atom. The summed E-state index contributed by atoms with van der Waals surface area (Å²) in [7, 11) is 0. The minimum Gasteiger partial charge on any atom is -0.378 e. The van der Waals surface area contributed by atoms with E-state index < -0.39 is 0 Å². The standard InChI is InChI=1S/C17H20N4O3/c1-11-12(2)19-20-15(11)18-16(22)13-3-5-14(6-4-13)17(23)21-7-9-24-10-8-21/h3-6H,7-10H2,1-2H3,(H2,18,19,20,22). The molecule has 1 fully saturated rings. The maximum Gasteiger partial charge on any atom is 0.256 e. The Morgan fingerprint density at radius 3 is 2.33 bits per heavy atom. The lowest BCUT2D eigenvalue weighted by Gasteiger charge is -2.26. The van der Waals surface area contributed by atoms with Crippen LogP contribution in [-0.2, 0) is 4.74 Å². The molecule has 0 saturated carbocycles. The van der Waals surface area contributed by atoms with Crippen molar-refractivity contribution in [3.63, 3.8) is 0 Å². The highest BCUT2D eigenvalue weighted by Gasteiger charge is 2.19. The molecule has 1 aromatic carbocycles. The molecule has 7 nitrogen and oxygen atoms in total. The van der Waals surface area contributed by atoms with Crippen LogP contribution in [-0.4, -0.2) is 53.2 Å². The lowest BCUT2D eigenvalue weighted by Crippen LogP contribution is -2.40. The molecule has 0 unspecified atom stereocenters. The molecule has 126 valence electrons. The van der Waals surface area contributed by atoms with Crippen molar-refractivity contribution >= 4 is 17.6 Å². The first-order chi connectivity index (χ1) is 11.6. The van der Waals surface area contributed by atoms with Gasteiger partial charge in [0.25, 0.3) is 11.8 Å². The maximum absolute atomic E-state index is 12.4. The summed E-state index contributed by atoms with van der Waals surface area (Å²) in [5, 5.41) is 9.65. The number of amides is 2. The molecular formula is C17H20N4O3. The summed E-state index contributed by atoms with van der Waals surface area (Å²) in [4.78, 5) is 26.4. The van der Waals surface area contributed by atoms with Crippen LogP contribution in [0.5, 0.6) is 0 Å². The molecule has 1 aliphatic heterocycles. The number of anilines is 1. The van der Waals surface area contributed by atoms with Crippen molar-refractivity contribution in [1.29, 1.82) is 0 Å². The third-order valence-electron chi connectivity index (χ3n) is 4.18. The molecule has 0 aliphatic carbocycles. The van der Waals surface area contributed by atoms with E-state index in [4.69, 9.17) is 4.74 Å². The summed E-state index contributed by atoms with van der Waals surface area (Å²) in [6.45, 7) is 6.10. The number of H-pyrrole nitrogens is 1. The third-order valence-corrected chi connectivity index (χ3v) is 4.18. The molecule has 2 aromatic rings. The monoisotopic (exact) mass is 328 g/mol. The minimum absolute atomic E-state index is 0.0379. The lowest BCUT2D eigenvalue weighted by atomic mass is 10.1. The van der Waals surface area contributed by atoms with Gasteiger partial charge in [-0.1, -0.05) is 0 Å². The lowest BCUT2D eigenvalue weighted by molar-refractivity contribution is 0.0303. The molecule has 2 N–H and O–H groups in total. The average Bonchev–Trinajstić information content (AvgIpc) is 2.94. The topological polar surface area (TPSA) is 87.3 Å². The van der Waals surface area contributed by atoms with Crippen LogP contribution in [0.3, 0.4) is 0 Å². The summed E-state index contributed by atoms with van der Waals surface area (Å²) >= 11 is 0. The van der Waals surface area contributed by atoms with Crippen molar-refractivity contribution in [3.05, 3.63) is 46.6 Å². The molecule has 2 heterocycles. The quantitative estimate of drug-likeness (QED) is 0.898. The minimum atomic E-state index is -0.255. The zero-order valence-electron chi connectivity index (χ0n) is 13.8. The predicted octanol–water partition coefficient (Wildman–Crippen LogP) is 1.75. The van der Waals surface area contributed by atoms with Crippen LogP contribution in [0.2, 0.25) is 0 Å². The molecule has 0 spiro atoms. The van der Waals surface area contributed by atoms with Gasteiger partial charge in [-0.15, -0.1) is 0 Å². The highest BCUT2D eigenvalue weighted by molar-refractivity contribution is 6.05. The number of morpholine rings is 1. The zero-order valence-corrected chi connectivity index (χ0v) is 13.8. The first-order valence-electron chi connectivity index (χ1n) is 7.86. The number of aryl methyl sites for hydroxylation is 1. The molecule has 1 saturated heterocycles. The van der Waals surface area contributed by atoms with E-state index in [-0.39, 0.29) is 11.8 Å². The summed E-state index contributed by atoms with van der Waals surface area (Å²) in [5.74, 6) is 0.227. The van der Waals surface area contributed by atoms with E-state index >= 15 is 0 Å². The van der Waals surface area contributed by atoms with E-state index in [1.54, 1.807) is 29.2 Å². The second-order valence-electron chi connectivity index (χ2n) is 5.76. The summed E-state index contributed by atoms with van der Waals surface area (Å²) in [6.07, 6.45) is 0. The average molecular weight is 328 g/mol. The number of carbonyl (C=O) groups is 2. The van der Waals surface area contributed by atoms with Crippen molar-refractivity contribution in [3.8, 4) is 0 Å². The van der Waals surface area contributed by atoms with Gasteiger partial charge in [-0.2, -0.15) is 5.10 Å². The Kier molecular flexibility index (Phi) is 4.61. The van der Waals surface area contributed by atoms with Crippen molar-refractivity contribution in [2.75, 3.05) is 31.6 Å². The van der Waals surface area contributed by atoms with Crippen molar-refractivity contribution < 1.29 is 14.3 Å². The van der Waals surface area contributed by atoms with Crippen LogP contribution < -0.4 is 5.32 Å². The second-order valence-corrected chi connectivity index (χ2v) is 5.76. The summed E-state index contributed by atoms with van der Waals surface area (Å²) < 4.78 is 5.25. The number of nitrogens with one attached hydrogen (secondary N) is 2. The molecule has 24 heavy (non-hydrogen) atoms. The maximum atomic E-state index is 12.4. The first kappa shape index (κ1) is 16.2. The van der Waals surface area contributed by atoms with E-state index in [0.29, 0.717) is 43.2 Å². The number of nitrogens with zero attached hydrogens (tertiary/aromatic N) is 2. The largest absolute Gasteiger partial charge is 0.378 e. The van der Waals surface area contributed by atoms with Gasteiger partial charge in [0, 0.05) is 35.5 Å². The number of hydrogen-bond acceptors (Lipinski definition) is 4. The van der Waals surface area contributed by atoms with E-state index in [1.165, 1.54) is 0 Å². The summed E-state index contributed by atoms with van der Waals surface area (Å²) in [6, 6.07) is 6.65. The highest BCUT2D eigenvalue weighted by Crippen LogP contribution is 2.16. The fourth-order valence-electron chi connectivity index (χ4n) is 2.50. The van der Waals surface area contributed by atoms with Crippen LogP contribution in [0.15, 0.2) is 24.3 Å². The fraction of sp³-hybridized carbons (Fsp3) is 0.353. The molecule has 7 heteroatoms. The van der Waals surface area contributed by atoms with Gasteiger partial charge in [0.2, 0.25) is 0 Å². The Hall–Kier alpha value is -2.67. The van der Waals surface area contributed by atoms with E-state index in [9.17, 15) is 9.59 Å². The Balaban J connectivity index is 1.68. The van der Waals surface area contributed by atoms with Crippen LogP contribution in [0.4, 0.5) is 5.82 Å². The summed E-state index contributed by atoms with van der Waals surface area (Å²) in [5.41, 5.74) is 2.87. The van der Waals surface area contributed by atoms with Crippen LogP contribution in [0.1, 0.15) is 32.0 Å². The molecular weight excluding hydrogens is 308 g/mol. The zero-order chi connectivity index (χ0) is 17.1. The number of aromatic nitrogens is 2. The second kappa shape index (κ2) is 6.84. The molecule has 2 amide bonds. The van der Waals surface area contributed by atoms with Gasteiger partial charge in [0.15, 0.2) is 5.82 Å². The predicted molar refractivity (Wildman–Crippen MR) is 89.2 cm³/mol. The van der Waals surface area contributed by atoms with Crippen LogP contribution in [0.25, 0.3) is 0 Å². The van der Waals surface area contributed by atoms with Gasteiger partial charge < -0.3 is 15.0 Å². The highest BCUT2D eigenvalue weighted by atomic mass is 16.5. The number of rotatable bonds is 3. The van der Waals surface area contributed by atoms with E-state index in [2.05, 4.69) is 15.5 Å². The van der Waals surface area contributed by atoms with Gasteiger partial charge in [-0.05, 0) is 38.1 Å². The van der Waals surface area contributed by atoms with E-state index in [1.807, 2.05) is 13.8 Å². The molecule has 1 aromatic heterocycles. The normalized spacial score (nSPS) is 14.5. The Morgan fingerprint density at radius 2 is 1.75 bits per heavy atom. The Bertz CT molecular complexity index is 746. The third kappa shape index (κ3) is 3.30. The SMILES string of the molecule is Cc1[nH]nc(NC(=O)c2ccc(C(=O)N3CCOCC3)cc2)c1C. The van der Waals surface area contributed by atoms with Crippen molar-refractivity contribution in [2.45, 2.75) is 13.8 Å². The number of ether oxygens (including phenoxy) is 1.